The molecular formula is C16H21N3O3S. The molecule has 1 saturated carbocycles. The van der Waals surface area contributed by atoms with Gasteiger partial charge in [-0.15, -0.1) is 11.3 Å². The molecule has 3 amide bonds. The summed E-state index contributed by atoms with van der Waals surface area (Å²) in [5, 5.41) is 3.54. The predicted molar refractivity (Wildman–Crippen MR) is 88.4 cm³/mol. The minimum atomic E-state index is -0.360. The van der Waals surface area contributed by atoms with Gasteiger partial charge in [-0.1, -0.05) is 0 Å². The molecule has 7 heteroatoms. The van der Waals surface area contributed by atoms with Gasteiger partial charge in [0.05, 0.1) is 11.5 Å². The molecule has 1 saturated heterocycles. The zero-order valence-corrected chi connectivity index (χ0v) is 14.2. The van der Waals surface area contributed by atoms with Crippen LogP contribution in [0.25, 0.3) is 0 Å². The first-order valence-corrected chi connectivity index (χ1v) is 8.69. The van der Waals surface area contributed by atoms with Crippen LogP contribution in [0.3, 0.4) is 0 Å². The Kier molecular flexibility index (Phi) is 4.14. The second kappa shape index (κ2) is 5.96. The maximum Gasteiger partial charge on any atom is 0.257 e. The summed E-state index contributed by atoms with van der Waals surface area (Å²) in [4.78, 5) is 38.9. The molecule has 2 fully saturated rings. The third kappa shape index (κ3) is 3.10. The molecule has 1 aliphatic heterocycles. The van der Waals surface area contributed by atoms with Crippen LogP contribution in [0.2, 0.25) is 0 Å². The Morgan fingerprint density at radius 1 is 1.17 bits per heavy atom. The third-order valence-electron chi connectivity index (χ3n) is 4.66. The molecule has 6 nitrogen and oxygen atoms in total. The average Bonchev–Trinajstić information content (AvgIpc) is 3.16. The summed E-state index contributed by atoms with van der Waals surface area (Å²) in [6, 6.07) is 0. The first kappa shape index (κ1) is 16.0. The largest absolute Gasteiger partial charge is 0.369 e. The van der Waals surface area contributed by atoms with Crippen LogP contribution in [0.5, 0.6) is 0 Å². The van der Waals surface area contributed by atoms with Crippen molar-refractivity contribution in [1.29, 1.82) is 0 Å². The maximum absolute atomic E-state index is 12.9. The van der Waals surface area contributed by atoms with Gasteiger partial charge in [-0.05, 0) is 38.7 Å². The number of primary amides is 1. The van der Waals surface area contributed by atoms with Gasteiger partial charge in [0.1, 0.15) is 5.00 Å². The van der Waals surface area contributed by atoms with Crippen molar-refractivity contribution in [3.8, 4) is 0 Å². The fourth-order valence-electron chi connectivity index (χ4n) is 2.87. The number of hydrogen-bond donors (Lipinski definition) is 2. The van der Waals surface area contributed by atoms with Crippen molar-refractivity contribution in [3.05, 3.63) is 16.0 Å². The van der Waals surface area contributed by atoms with Gasteiger partial charge in [0.15, 0.2) is 0 Å². The lowest BCUT2D eigenvalue weighted by atomic mass is 10.1. The van der Waals surface area contributed by atoms with E-state index in [2.05, 4.69) is 5.32 Å². The smallest absolute Gasteiger partial charge is 0.257 e. The quantitative estimate of drug-likeness (QED) is 0.876. The number of hydrogen-bond acceptors (Lipinski definition) is 4. The van der Waals surface area contributed by atoms with Crippen molar-refractivity contribution in [3.63, 3.8) is 0 Å². The van der Waals surface area contributed by atoms with Gasteiger partial charge >= 0.3 is 0 Å². The number of rotatable bonds is 4. The van der Waals surface area contributed by atoms with Crippen molar-refractivity contribution in [2.24, 2.45) is 17.6 Å². The van der Waals surface area contributed by atoms with Crippen LogP contribution in [0.1, 0.15) is 40.1 Å². The van der Waals surface area contributed by atoms with Crippen LogP contribution in [0, 0.1) is 25.7 Å². The fourth-order valence-corrected chi connectivity index (χ4v) is 3.92. The molecule has 0 aromatic carbocycles. The Bertz CT molecular complexity index is 678. The highest BCUT2D eigenvalue weighted by molar-refractivity contribution is 7.16. The number of carbonyl (C=O) groups excluding carboxylic acids is 3. The SMILES string of the molecule is Cc1sc(NC(=O)C2CC2)c(C(=O)N2CC[C@@H](C(N)=O)C2)c1C. The summed E-state index contributed by atoms with van der Waals surface area (Å²) in [5.41, 5.74) is 6.80. The highest BCUT2D eigenvalue weighted by atomic mass is 32.1. The minimum absolute atomic E-state index is 0.00302. The molecule has 2 aliphatic rings. The summed E-state index contributed by atoms with van der Waals surface area (Å²) >= 11 is 1.44. The topological polar surface area (TPSA) is 92.5 Å². The number of nitrogens with two attached hydrogens (primary N) is 1. The lowest BCUT2D eigenvalue weighted by molar-refractivity contribution is -0.121. The zero-order chi connectivity index (χ0) is 16.7. The highest BCUT2D eigenvalue weighted by Crippen LogP contribution is 2.37. The molecule has 3 N–H and O–H groups in total. The number of likely N-dealkylation sites (tertiary alicyclic amines) is 1. The fraction of sp³-hybridized carbons (Fsp3) is 0.562. The van der Waals surface area contributed by atoms with Gasteiger partial charge in [0.2, 0.25) is 11.8 Å². The number of aryl methyl sites for hydroxylation is 1. The van der Waals surface area contributed by atoms with E-state index in [1.165, 1.54) is 11.3 Å². The Morgan fingerprint density at radius 2 is 1.87 bits per heavy atom. The van der Waals surface area contributed by atoms with E-state index < -0.39 is 0 Å². The van der Waals surface area contributed by atoms with E-state index in [-0.39, 0.29) is 29.6 Å². The number of thiophene rings is 1. The van der Waals surface area contributed by atoms with Crippen LogP contribution < -0.4 is 11.1 Å². The molecule has 1 aliphatic carbocycles. The van der Waals surface area contributed by atoms with Crippen molar-refractivity contribution in [2.45, 2.75) is 33.1 Å². The van der Waals surface area contributed by atoms with E-state index in [9.17, 15) is 14.4 Å². The standard InChI is InChI=1S/C16H21N3O3S/c1-8-9(2)23-15(18-14(21)10-3-4-10)12(8)16(22)19-6-5-11(7-19)13(17)20/h10-11H,3-7H2,1-2H3,(H2,17,20)(H,18,21)/t11-/m1/s1. The normalized spacial score (nSPS) is 20.6. The summed E-state index contributed by atoms with van der Waals surface area (Å²) in [6.45, 7) is 4.72. The molecule has 0 unspecified atom stereocenters. The third-order valence-corrected chi connectivity index (χ3v) is 5.78. The molecule has 0 spiro atoms. The van der Waals surface area contributed by atoms with Gasteiger partial charge in [-0.25, -0.2) is 0 Å². The lowest BCUT2D eigenvalue weighted by Crippen LogP contribution is -2.32. The van der Waals surface area contributed by atoms with E-state index in [0.29, 0.717) is 30.1 Å². The number of nitrogens with one attached hydrogen (secondary N) is 1. The molecule has 0 bridgehead atoms. The number of amides is 3. The Labute approximate surface area is 139 Å². The van der Waals surface area contributed by atoms with Gasteiger partial charge in [0, 0.05) is 23.9 Å². The molecule has 23 heavy (non-hydrogen) atoms. The van der Waals surface area contributed by atoms with Crippen molar-refractivity contribution in [2.75, 3.05) is 18.4 Å². The van der Waals surface area contributed by atoms with Crippen LogP contribution in [0.15, 0.2) is 0 Å². The average molecular weight is 335 g/mol. The van der Waals surface area contributed by atoms with E-state index in [4.69, 9.17) is 5.73 Å². The van der Waals surface area contributed by atoms with Crippen LogP contribution >= 0.6 is 11.3 Å². The second-order valence-corrected chi connectivity index (χ2v) is 7.61. The van der Waals surface area contributed by atoms with Crippen molar-refractivity contribution in [1.82, 2.24) is 4.90 Å². The minimum Gasteiger partial charge on any atom is -0.369 e. The van der Waals surface area contributed by atoms with Crippen LogP contribution in [-0.4, -0.2) is 35.7 Å². The summed E-state index contributed by atoms with van der Waals surface area (Å²) in [5.74, 6) is -0.672. The summed E-state index contributed by atoms with van der Waals surface area (Å²) in [6.07, 6.45) is 2.45. The van der Waals surface area contributed by atoms with Gasteiger partial charge in [-0.2, -0.15) is 0 Å². The Balaban J connectivity index is 1.82. The van der Waals surface area contributed by atoms with Gasteiger partial charge < -0.3 is 16.0 Å². The highest BCUT2D eigenvalue weighted by Gasteiger charge is 2.35. The lowest BCUT2D eigenvalue weighted by Gasteiger charge is -2.17. The zero-order valence-electron chi connectivity index (χ0n) is 13.3. The van der Waals surface area contributed by atoms with Crippen LogP contribution in [0.4, 0.5) is 5.00 Å². The Morgan fingerprint density at radius 3 is 2.43 bits per heavy atom. The van der Waals surface area contributed by atoms with Crippen LogP contribution in [-0.2, 0) is 9.59 Å². The molecule has 2 heterocycles. The molecule has 1 atom stereocenters. The van der Waals surface area contributed by atoms with Gasteiger partial charge in [-0.3, -0.25) is 14.4 Å². The van der Waals surface area contributed by atoms with Crippen molar-refractivity contribution < 1.29 is 14.4 Å². The van der Waals surface area contributed by atoms with E-state index in [0.717, 1.165) is 23.3 Å². The summed E-state index contributed by atoms with van der Waals surface area (Å²) in [7, 11) is 0. The molecule has 1 aromatic heterocycles. The van der Waals surface area contributed by atoms with Gasteiger partial charge in [0.25, 0.3) is 5.91 Å². The monoisotopic (exact) mass is 335 g/mol. The van der Waals surface area contributed by atoms with E-state index in [1.807, 2.05) is 13.8 Å². The maximum atomic E-state index is 12.9. The van der Waals surface area contributed by atoms with Crippen molar-refractivity contribution >= 4 is 34.1 Å². The number of carbonyl (C=O) groups is 3. The first-order chi connectivity index (χ1) is 10.9. The van der Waals surface area contributed by atoms with E-state index in [1.54, 1.807) is 4.90 Å². The second-order valence-electron chi connectivity index (χ2n) is 6.39. The predicted octanol–water partition coefficient (Wildman–Crippen LogP) is 1.66. The molecule has 1 aromatic rings. The summed E-state index contributed by atoms with van der Waals surface area (Å²) < 4.78 is 0. The first-order valence-electron chi connectivity index (χ1n) is 7.88. The number of anilines is 1. The molecule has 124 valence electrons. The Hall–Kier alpha value is -1.89. The van der Waals surface area contributed by atoms with E-state index >= 15 is 0 Å². The molecular weight excluding hydrogens is 314 g/mol. The number of nitrogens with zero attached hydrogens (tertiary/aromatic N) is 1. The molecule has 3 rings (SSSR count). The molecule has 0 radical (unpaired) electrons.